The van der Waals surface area contributed by atoms with Gasteiger partial charge in [-0.05, 0) is 13.0 Å². The van der Waals surface area contributed by atoms with Crippen LogP contribution in [0, 0.1) is 6.92 Å². The van der Waals surface area contributed by atoms with Gasteiger partial charge in [0.15, 0.2) is 5.69 Å². The van der Waals surface area contributed by atoms with E-state index in [9.17, 15) is 9.59 Å². The average molecular weight is 221 g/mol. The van der Waals surface area contributed by atoms with Gasteiger partial charge in [-0.15, -0.1) is 10.2 Å². The summed E-state index contributed by atoms with van der Waals surface area (Å²) >= 11 is 0. The van der Waals surface area contributed by atoms with Crippen LogP contribution in [-0.4, -0.2) is 36.0 Å². The highest BCUT2D eigenvalue weighted by Crippen LogP contribution is 2.06. The summed E-state index contributed by atoms with van der Waals surface area (Å²) in [6.45, 7) is 1.65. The highest BCUT2D eigenvalue weighted by molar-refractivity contribution is 5.85. The van der Waals surface area contributed by atoms with Crippen LogP contribution < -0.4 is 5.56 Å². The molecule has 0 aliphatic carbocycles. The molecular formula is C8H7N5O3. The second-order valence-electron chi connectivity index (χ2n) is 3.05. The highest BCUT2D eigenvalue weighted by atomic mass is 16.4. The number of aryl methyl sites for hydroxylation is 1. The highest BCUT2D eigenvalue weighted by Gasteiger charge is 2.12. The number of rotatable bonds is 2. The summed E-state index contributed by atoms with van der Waals surface area (Å²) in [4.78, 5) is 24.1. The molecule has 0 bridgehead atoms. The maximum Gasteiger partial charge on any atom is 0.356 e. The molecule has 2 N–H and O–H groups in total. The van der Waals surface area contributed by atoms with E-state index in [1.807, 2.05) is 0 Å². The van der Waals surface area contributed by atoms with Crippen molar-refractivity contribution in [3.05, 3.63) is 34.0 Å². The van der Waals surface area contributed by atoms with Crippen molar-refractivity contribution in [3.63, 3.8) is 0 Å². The Kier molecular flexibility index (Phi) is 2.24. The molecule has 0 aromatic carbocycles. The maximum atomic E-state index is 11.0. The molecule has 0 radical (unpaired) electrons. The Labute approximate surface area is 88.6 Å². The van der Waals surface area contributed by atoms with Gasteiger partial charge in [-0.3, -0.25) is 9.78 Å². The molecule has 0 fully saturated rings. The molecule has 8 heteroatoms. The third-order valence-electron chi connectivity index (χ3n) is 1.87. The second-order valence-corrected chi connectivity index (χ2v) is 3.05. The van der Waals surface area contributed by atoms with Crippen molar-refractivity contribution in [1.82, 2.24) is 25.0 Å². The van der Waals surface area contributed by atoms with Crippen LogP contribution in [-0.2, 0) is 0 Å². The van der Waals surface area contributed by atoms with E-state index < -0.39 is 11.5 Å². The third kappa shape index (κ3) is 1.67. The molecule has 0 unspecified atom stereocenters. The molecule has 2 heterocycles. The molecule has 0 aliphatic rings. The van der Waals surface area contributed by atoms with Crippen molar-refractivity contribution in [2.75, 3.05) is 0 Å². The van der Waals surface area contributed by atoms with Crippen molar-refractivity contribution < 1.29 is 9.90 Å². The molecule has 0 atom stereocenters. The standard InChI is InChI=1S/C8H7N5O3/c1-4-2-5(7(15)16)12-13(4)8-10-6(14)3-9-11-8/h2-3H,1H3,(H,15,16)(H,10,11,14). The topological polar surface area (TPSA) is 114 Å². The lowest BCUT2D eigenvalue weighted by Gasteiger charge is -1.99. The molecule has 0 spiro atoms. The van der Waals surface area contributed by atoms with Gasteiger partial charge in [0, 0.05) is 5.69 Å². The Morgan fingerprint density at radius 2 is 2.31 bits per heavy atom. The molecular weight excluding hydrogens is 214 g/mol. The van der Waals surface area contributed by atoms with Crippen molar-refractivity contribution in [2.45, 2.75) is 6.92 Å². The van der Waals surface area contributed by atoms with E-state index in [2.05, 4.69) is 20.3 Å². The third-order valence-corrected chi connectivity index (χ3v) is 1.87. The molecule has 2 aromatic heterocycles. The van der Waals surface area contributed by atoms with Crippen LogP contribution in [0.1, 0.15) is 16.2 Å². The van der Waals surface area contributed by atoms with E-state index >= 15 is 0 Å². The number of nitrogens with one attached hydrogen (secondary N) is 1. The maximum absolute atomic E-state index is 11.0. The van der Waals surface area contributed by atoms with Crippen LogP contribution in [0.5, 0.6) is 0 Å². The molecule has 0 saturated heterocycles. The fourth-order valence-corrected chi connectivity index (χ4v) is 1.19. The molecule has 16 heavy (non-hydrogen) atoms. The Morgan fingerprint density at radius 1 is 1.56 bits per heavy atom. The Bertz CT molecular complexity index is 600. The number of carboxylic acids is 1. The zero-order valence-corrected chi connectivity index (χ0v) is 8.21. The van der Waals surface area contributed by atoms with Gasteiger partial charge in [-0.25, -0.2) is 9.48 Å². The Hall–Kier alpha value is -2.51. The van der Waals surface area contributed by atoms with E-state index in [-0.39, 0.29) is 11.6 Å². The summed E-state index contributed by atoms with van der Waals surface area (Å²) in [5, 5.41) is 19.6. The normalized spacial score (nSPS) is 10.3. The van der Waals surface area contributed by atoms with Gasteiger partial charge >= 0.3 is 5.97 Å². The predicted octanol–water partition coefficient (Wildman–Crippen LogP) is -0.643. The minimum atomic E-state index is -1.15. The smallest absolute Gasteiger partial charge is 0.356 e. The van der Waals surface area contributed by atoms with E-state index in [0.29, 0.717) is 5.69 Å². The molecule has 2 aromatic rings. The van der Waals surface area contributed by atoms with Crippen molar-refractivity contribution in [3.8, 4) is 5.95 Å². The first-order valence-corrected chi connectivity index (χ1v) is 4.30. The number of hydrogen-bond donors (Lipinski definition) is 2. The van der Waals surface area contributed by atoms with Crippen molar-refractivity contribution in [1.29, 1.82) is 0 Å². The number of aromatic carboxylic acids is 1. The van der Waals surface area contributed by atoms with Crippen LogP contribution in [0.2, 0.25) is 0 Å². The number of carbonyl (C=O) groups is 1. The number of carboxylic acid groups (broad SMARTS) is 1. The summed E-state index contributed by atoms with van der Waals surface area (Å²) in [6.07, 6.45) is 1.01. The number of aromatic nitrogens is 5. The minimum Gasteiger partial charge on any atom is -0.476 e. The Balaban J connectivity index is 2.56. The van der Waals surface area contributed by atoms with E-state index in [0.717, 1.165) is 6.20 Å². The zero-order valence-electron chi connectivity index (χ0n) is 8.21. The first kappa shape index (κ1) is 10.0. The van der Waals surface area contributed by atoms with Gasteiger partial charge in [0.2, 0.25) is 0 Å². The number of nitrogens with zero attached hydrogens (tertiary/aromatic N) is 4. The van der Waals surface area contributed by atoms with Gasteiger partial charge in [0.05, 0.1) is 0 Å². The summed E-state index contributed by atoms with van der Waals surface area (Å²) in [5.41, 5.74) is -0.0191. The number of aromatic amines is 1. The number of H-pyrrole nitrogens is 1. The summed E-state index contributed by atoms with van der Waals surface area (Å²) in [5.74, 6) is -1.06. The van der Waals surface area contributed by atoms with Gasteiger partial charge in [0.1, 0.15) is 6.20 Å². The fraction of sp³-hybridized carbons (Fsp3) is 0.125. The van der Waals surface area contributed by atoms with Gasteiger partial charge in [-0.1, -0.05) is 0 Å². The fourth-order valence-electron chi connectivity index (χ4n) is 1.19. The molecule has 0 amide bonds. The minimum absolute atomic E-state index is 0.0810. The van der Waals surface area contributed by atoms with Crippen LogP contribution in [0.4, 0.5) is 0 Å². The van der Waals surface area contributed by atoms with Crippen molar-refractivity contribution >= 4 is 5.97 Å². The zero-order chi connectivity index (χ0) is 11.7. The molecule has 2 rings (SSSR count). The molecule has 0 aliphatic heterocycles. The second kappa shape index (κ2) is 3.57. The van der Waals surface area contributed by atoms with E-state index in [1.165, 1.54) is 10.7 Å². The van der Waals surface area contributed by atoms with E-state index in [4.69, 9.17) is 5.11 Å². The lowest BCUT2D eigenvalue weighted by Crippen LogP contribution is -2.15. The average Bonchev–Trinajstić information content (AvgIpc) is 2.60. The quantitative estimate of drug-likeness (QED) is 0.697. The molecule has 0 saturated carbocycles. The number of hydrogen-bond acceptors (Lipinski definition) is 5. The van der Waals surface area contributed by atoms with Crippen LogP contribution in [0.25, 0.3) is 5.95 Å². The first-order chi connectivity index (χ1) is 7.58. The summed E-state index contributed by atoms with van der Waals surface area (Å²) < 4.78 is 1.21. The van der Waals surface area contributed by atoms with E-state index in [1.54, 1.807) is 6.92 Å². The molecule has 8 nitrogen and oxygen atoms in total. The van der Waals surface area contributed by atoms with Crippen molar-refractivity contribution in [2.24, 2.45) is 0 Å². The first-order valence-electron chi connectivity index (χ1n) is 4.30. The summed E-state index contributed by atoms with van der Waals surface area (Å²) in [6, 6.07) is 1.37. The van der Waals surface area contributed by atoms with Crippen LogP contribution >= 0.6 is 0 Å². The van der Waals surface area contributed by atoms with Gasteiger partial charge in [0.25, 0.3) is 11.5 Å². The largest absolute Gasteiger partial charge is 0.476 e. The monoisotopic (exact) mass is 221 g/mol. The Morgan fingerprint density at radius 3 is 2.88 bits per heavy atom. The molecule has 82 valence electrons. The van der Waals surface area contributed by atoms with Crippen LogP contribution in [0.3, 0.4) is 0 Å². The van der Waals surface area contributed by atoms with Gasteiger partial charge in [-0.2, -0.15) is 5.10 Å². The SMILES string of the molecule is Cc1cc(C(=O)O)nn1-c1nncc(=O)[nH]1. The lowest BCUT2D eigenvalue weighted by atomic mass is 10.4. The summed E-state index contributed by atoms with van der Waals surface area (Å²) in [7, 11) is 0. The van der Waals surface area contributed by atoms with Crippen LogP contribution in [0.15, 0.2) is 17.1 Å². The van der Waals surface area contributed by atoms with Gasteiger partial charge < -0.3 is 5.11 Å². The predicted molar refractivity (Wildman–Crippen MR) is 51.5 cm³/mol. The lowest BCUT2D eigenvalue weighted by molar-refractivity contribution is 0.0690.